The summed E-state index contributed by atoms with van der Waals surface area (Å²) in [5.41, 5.74) is 2.95. The Morgan fingerprint density at radius 1 is 0.963 bits per heavy atom. The first-order valence-electron chi connectivity index (χ1n) is 9.25. The largest absolute Gasteiger partial charge is 0.352 e. The fourth-order valence-corrected chi connectivity index (χ4v) is 3.33. The van der Waals surface area contributed by atoms with Crippen LogP contribution in [0.1, 0.15) is 52.8 Å². The first-order valence-corrected chi connectivity index (χ1v) is 9.63. The van der Waals surface area contributed by atoms with Crippen molar-refractivity contribution in [3.63, 3.8) is 0 Å². The maximum Gasteiger partial charge on any atom is 0.255 e. The van der Waals surface area contributed by atoms with Gasteiger partial charge in [0, 0.05) is 28.4 Å². The molecule has 0 atom stereocenters. The molecule has 2 aromatic rings. The molecule has 0 saturated heterocycles. The Bertz CT molecular complexity index is 861. The predicted molar refractivity (Wildman–Crippen MR) is 109 cm³/mol. The van der Waals surface area contributed by atoms with Gasteiger partial charge in [-0.15, -0.1) is 0 Å². The molecule has 0 unspecified atom stereocenters. The van der Waals surface area contributed by atoms with Gasteiger partial charge in [0.05, 0.1) is 0 Å². The maximum atomic E-state index is 12.4. The molecule has 0 bridgehead atoms. The molecular weight excluding hydrogens is 360 g/mol. The van der Waals surface area contributed by atoms with Gasteiger partial charge in [0.1, 0.15) is 0 Å². The summed E-state index contributed by atoms with van der Waals surface area (Å²) < 4.78 is 0. The number of rotatable bonds is 6. The lowest BCUT2D eigenvalue weighted by atomic mass is 9.97. The number of nitrogens with one attached hydrogen (secondary N) is 2. The van der Waals surface area contributed by atoms with Gasteiger partial charge in [-0.3, -0.25) is 9.59 Å². The zero-order chi connectivity index (χ0) is 19.1. The molecule has 1 aliphatic rings. The summed E-state index contributed by atoms with van der Waals surface area (Å²) in [6.45, 7) is 0.615. The van der Waals surface area contributed by atoms with E-state index in [2.05, 4.69) is 16.7 Å². The summed E-state index contributed by atoms with van der Waals surface area (Å²) in [5, 5.41) is 6.28. The van der Waals surface area contributed by atoms with Gasteiger partial charge in [0.25, 0.3) is 11.8 Å². The molecule has 0 saturated carbocycles. The fourth-order valence-electron chi connectivity index (χ4n) is 3.14. The van der Waals surface area contributed by atoms with E-state index in [1.165, 1.54) is 18.4 Å². The number of amides is 2. The van der Waals surface area contributed by atoms with E-state index < -0.39 is 0 Å². The van der Waals surface area contributed by atoms with Crippen molar-refractivity contribution in [2.75, 3.05) is 11.9 Å². The average Bonchev–Trinajstić information content (AvgIpc) is 2.69. The van der Waals surface area contributed by atoms with Crippen LogP contribution in [0.2, 0.25) is 5.02 Å². The molecule has 140 valence electrons. The minimum atomic E-state index is -0.278. The highest BCUT2D eigenvalue weighted by Crippen LogP contribution is 2.19. The molecular formula is C22H23ClN2O2. The molecule has 3 rings (SSSR count). The second-order valence-corrected chi connectivity index (χ2v) is 7.10. The molecule has 0 radical (unpaired) electrons. The first-order chi connectivity index (χ1) is 13.1. The summed E-state index contributed by atoms with van der Waals surface area (Å²) in [6, 6.07) is 13.7. The summed E-state index contributed by atoms with van der Waals surface area (Å²) >= 11 is 5.94. The van der Waals surface area contributed by atoms with E-state index >= 15 is 0 Å². The van der Waals surface area contributed by atoms with Gasteiger partial charge < -0.3 is 10.6 Å². The molecule has 0 spiro atoms. The van der Waals surface area contributed by atoms with Crippen LogP contribution >= 0.6 is 11.6 Å². The van der Waals surface area contributed by atoms with Gasteiger partial charge in [-0.05, 0) is 68.5 Å². The molecule has 27 heavy (non-hydrogen) atoms. The van der Waals surface area contributed by atoms with Crippen LogP contribution in [0.25, 0.3) is 0 Å². The van der Waals surface area contributed by atoms with Gasteiger partial charge in [0.15, 0.2) is 0 Å². The van der Waals surface area contributed by atoms with Crippen LogP contribution in [0.3, 0.4) is 0 Å². The van der Waals surface area contributed by atoms with Crippen LogP contribution in [0.4, 0.5) is 5.69 Å². The number of carbonyl (C=O) groups excluding carboxylic acids is 2. The SMILES string of the molecule is O=C(NCCC1=CCCCC1)c1cccc(C(=O)Nc2cccc(Cl)c2)c1. The van der Waals surface area contributed by atoms with Crippen molar-refractivity contribution in [3.05, 3.63) is 76.3 Å². The standard InChI is InChI=1S/C22H23ClN2O2/c23-19-10-5-11-20(15-19)25-22(27)18-9-4-8-17(14-18)21(26)24-13-12-16-6-2-1-3-7-16/h4-6,8-11,14-15H,1-3,7,12-13H2,(H,24,26)(H,25,27). The van der Waals surface area contributed by atoms with Crippen molar-refractivity contribution in [3.8, 4) is 0 Å². The van der Waals surface area contributed by atoms with Crippen molar-refractivity contribution < 1.29 is 9.59 Å². The third kappa shape index (κ3) is 5.69. The molecule has 0 heterocycles. The Morgan fingerprint density at radius 3 is 2.48 bits per heavy atom. The van der Waals surface area contributed by atoms with E-state index in [1.54, 1.807) is 48.5 Å². The van der Waals surface area contributed by atoms with Crippen LogP contribution in [0, 0.1) is 0 Å². The van der Waals surface area contributed by atoms with Crippen molar-refractivity contribution in [1.82, 2.24) is 5.32 Å². The topological polar surface area (TPSA) is 58.2 Å². The normalized spacial score (nSPS) is 13.6. The van der Waals surface area contributed by atoms with Gasteiger partial charge in [0.2, 0.25) is 0 Å². The molecule has 2 N–H and O–H groups in total. The van der Waals surface area contributed by atoms with Crippen LogP contribution in [0.5, 0.6) is 0 Å². The highest BCUT2D eigenvalue weighted by atomic mass is 35.5. The van der Waals surface area contributed by atoms with Gasteiger partial charge in [-0.2, -0.15) is 0 Å². The zero-order valence-corrected chi connectivity index (χ0v) is 15.9. The second-order valence-electron chi connectivity index (χ2n) is 6.66. The lowest BCUT2D eigenvalue weighted by molar-refractivity contribution is 0.0954. The maximum absolute atomic E-state index is 12.4. The lowest BCUT2D eigenvalue weighted by Crippen LogP contribution is -2.25. The van der Waals surface area contributed by atoms with E-state index in [4.69, 9.17) is 11.6 Å². The Kier molecular flexibility index (Phi) is 6.66. The Morgan fingerprint density at radius 2 is 1.74 bits per heavy atom. The number of hydrogen-bond donors (Lipinski definition) is 2. The molecule has 0 aromatic heterocycles. The van der Waals surface area contributed by atoms with E-state index in [9.17, 15) is 9.59 Å². The van der Waals surface area contributed by atoms with Crippen LogP contribution < -0.4 is 10.6 Å². The van der Waals surface area contributed by atoms with E-state index in [0.717, 1.165) is 19.3 Å². The van der Waals surface area contributed by atoms with Gasteiger partial charge in [-0.25, -0.2) is 0 Å². The minimum absolute atomic E-state index is 0.163. The van der Waals surface area contributed by atoms with Crippen LogP contribution in [-0.4, -0.2) is 18.4 Å². The minimum Gasteiger partial charge on any atom is -0.352 e. The van der Waals surface area contributed by atoms with Crippen LogP contribution in [0.15, 0.2) is 60.2 Å². The van der Waals surface area contributed by atoms with E-state index in [0.29, 0.717) is 28.4 Å². The number of hydrogen-bond acceptors (Lipinski definition) is 2. The Balaban J connectivity index is 1.58. The summed E-state index contributed by atoms with van der Waals surface area (Å²) in [4.78, 5) is 24.8. The first kappa shape index (κ1) is 19.2. The molecule has 0 fully saturated rings. The van der Waals surface area contributed by atoms with E-state index in [-0.39, 0.29) is 11.8 Å². The molecule has 2 aromatic carbocycles. The molecule has 0 aliphatic heterocycles. The fraction of sp³-hybridized carbons (Fsp3) is 0.273. The highest BCUT2D eigenvalue weighted by molar-refractivity contribution is 6.31. The Labute approximate surface area is 164 Å². The number of allylic oxidation sites excluding steroid dienone is 1. The van der Waals surface area contributed by atoms with Crippen molar-refractivity contribution in [1.29, 1.82) is 0 Å². The van der Waals surface area contributed by atoms with Crippen molar-refractivity contribution >= 4 is 29.1 Å². The van der Waals surface area contributed by atoms with Gasteiger partial charge in [-0.1, -0.05) is 35.4 Å². The lowest BCUT2D eigenvalue weighted by Gasteiger charge is -2.13. The highest BCUT2D eigenvalue weighted by Gasteiger charge is 2.11. The van der Waals surface area contributed by atoms with Gasteiger partial charge >= 0.3 is 0 Å². The number of carbonyl (C=O) groups is 2. The molecule has 4 nitrogen and oxygen atoms in total. The quantitative estimate of drug-likeness (QED) is 0.673. The monoisotopic (exact) mass is 382 g/mol. The smallest absolute Gasteiger partial charge is 0.255 e. The summed E-state index contributed by atoms with van der Waals surface area (Å²) in [5.74, 6) is -0.442. The molecule has 2 amide bonds. The number of benzene rings is 2. The predicted octanol–water partition coefficient (Wildman–Crippen LogP) is 5.21. The number of halogens is 1. The van der Waals surface area contributed by atoms with E-state index in [1.807, 2.05) is 0 Å². The molecule has 1 aliphatic carbocycles. The molecule has 5 heteroatoms. The second kappa shape index (κ2) is 9.38. The van der Waals surface area contributed by atoms with Crippen LogP contribution in [-0.2, 0) is 0 Å². The zero-order valence-electron chi connectivity index (χ0n) is 15.1. The number of anilines is 1. The summed E-state index contributed by atoms with van der Waals surface area (Å²) in [6.07, 6.45) is 7.96. The van der Waals surface area contributed by atoms with Crippen molar-refractivity contribution in [2.24, 2.45) is 0 Å². The third-order valence-electron chi connectivity index (χ3n) is 4.59. The third-order valence-corrected chi connectivity index (χ3v) is 4.82. The van der Waals surface area contributed by atoms with Crippen molar-refractivity contribution in [2.45, 2.75) is 32.1 Å². The average molecular weight is 383 g/mol. The Hall–Kier alpha value is -2.59. The summed E-state index contributed by atoms with van der Waals surface area (Å²) in [7, 11) is 0.